The van der Waals surface area contributed by atoms with Crippen LogP contribution >= 0.6 is 0 Å². The Hall–Kier alpha value is -2.20. The van der Waals surface area contributed by atoms with E-state index in [1.807, 2.05) is 42.7 Å². The third-order valence-corrected chi connectivity index (χ3v) is 3.20. The zero-order chi connectivity index (χ0) is 13.1. The molecule has 3 rings (SSSR count). The van der Waals surface area contributed by atoms with Crippen molar-refractivity contribution in [2.75, 3.05) is 0 Å². The predicted octanol–water partition coefficient (Wildman–Crippen LogP) is 2.33. The van der Waals surface area contributed by atoms with E-state index in [1.54, 1.807) is 0 Å². The minimum Gasteiger partial charge on any atom is -0.307 e. The Balaban J connectivity index is 1.73. The summed E-state index contributed by atoms with van der Waals surface area (Å²) in [5.74, 6) is 0. The van der Waals surface area contributed by atoms with Crippen molar-refractivity contribution in [1.29, 1.82) is 0 Å². The fourth-order valence-corrected chi connectivity index (χ4v) is 2.20. The van der Waals surface area contributed by atoms with Gasteiger partial charge in [-0.25, -0.2) is 4.98 Å². The van der Waals surface area contributed by atoms with E-state index in [1.165, 1.54) is 11.3 Å². The second kappa shape index (κ2) is 5.20. The topological polar surface area (TPSA) is 42.2 Å². The molecular weight excluding hydrogens is 236 g/mol. The monoisotopic (exact) mass is 252 g/mol. The molecule has 4 nitrogen and oxygen atoms in total. The Bertz CT molecular complexity index is 673. The van der Waals surface area contributed by atoms with E-state index in [9.17, 15) is 0 Å². The van der Waals surface area contributed by atoms with Crippen LogP contribution in [0.4, 0.5) is 0 Å². The maximum atomic E-state index is 4.55. The Morgan fingerprint density at radius 3 is 2.79 bits per heavy atom. The smallest absolute Gasteiger partial charge is 0.137 e. The van der Waals surface area contributed by atoms with Gasteiger partial charge in [0, 0.05) is 31.7 Å². The Labute approximate surface area is 112 Å². The lowest BCUT2D eigenvalue weighted by molar-refractivity contribution is 0.671. The van der Waals surface area contributed by atoms with Crippen molar-refractivity contribution in [3.63, 3.8) is 0 Å². The number of rotatable bonds is 4. The summed E-state index contributed by atoms with van der Waals surface area (Å²) in [6.45, 7) is 3.69. The normalized spacial score (nSPS) is 11.0. The van der Waals surface area contributed by atoms with Gasteiger partial charge in [0.25, 0.3) is 0 Å². The van der Waals surface area contributed by atoms with Crippen molar-refractivity contribution in [1.82, 2.24) is 19.7 Å². The maximum absolute atomic E-state index is 4.55. The van der Waals surface area contributed by atoms with E-state index < -0.39 is 0 Å². The second-order valence-electron chi connectivity index (χ2n) is 4.53. The number of aromatic nitrogens is 3. The lowest BCUT2D eigenvalue weighted by atomic mass is 10.2. The van der Waals surface area contributed by atoms with Crippen LogP contribution in [-0.4, -0.2) is 14.4 Å². The number of fused-ring (bicyclic) bond motifs is 1. The van der Waals surface area contributed by atoms with Crippen LogP contribution in [0.25, 0.3) is 5.65 Å². The first-order chi connectivity index (χ1) is 9.34. The number of imidazole rings is 1. The average molecular weight is 252 g/mol. The van der Waals surface area contributed by atoms with Crippen molar-refractivity contribution in [3.05, 3.63) is 65.9 Å². The molecule has 0 spiro atoms. The Morgan fingerprint density at radius 1 is 1.11 bits per heavy atom. The highest BCUT2D eigenvalue weighted by Gasteiger charge is 2.06. The summed E-state index contributed by atoms with van der Waals surface area (Å²) in [4.78, 5) is 8.57. The standard InChI is InChI=1S/C15H16N4/c1-12-14(19-9-3-2-4-15(19)18-12)11-17-10-13-5-7-16-8-6-13/h2-9,17H,10-11H2,1H3. The van der Waals surface area contributed by atoms with Gasteiger partial charge in [-0.1, -0.05) is 6.07 Å². The molecule has 0 fully saturated rings. The fraction of sp³-hybridized carbons (Fsp3) is 0.200. The maximum Gasteiger partial charge on any atom is 0.137 e. The molecule has 0 aliphatic rings. The van der Waals surface area contributed by atoms with Gasteiger partial charge in [0.2, 0.25) is 0 Å². The molecule has 0 amide bonds. The lowest BCUT2D eigenvalue weighted by Gasteiger charge is -2.06. The highest BCUT2D eigenvalue weighted by atomic mass is 15.0. The molecular formula is C15H16N4. The van der Waals surface area contributed by atoms with Crippen LogP contribution in [0.2, 0.25) is 0 Å². The lowest BCUT2D eigenvalue weighted by Crippen LogP contribution is -2.14. The largest absolute Gasteiger partial charge is 0.307 e. The number of hydrogen-bond acceptors (Lipinski definition) is 3. The molecule has 19 heavy (non-hydrogen) atoms. The van der Waals surface area contributed by atoms with Crippen LogP contribution in [0.5, 0.6) is 0 Å². The Kier molecular flexibility index (Phi) is 3.25. The van der Waals surface area contributed by atoms with E-state index in [0.717, 1.165) is 24.4 Å². The number of aryl methyl sites for hydroxylation is 1. The summed E-state index contributed by atoms with van der Waals surface area (Å²) in [5.41, 5.74) is 4.53. The van der Waals surface area contributed by atoms with Crippen molar-refractivity contribution in [2.24, 2.45) is 0 Å². The van der Waals surface area contributed by atoms with Gasteiger partial charge >= 0.3 is 0 Å². The fourth-order valence-electron chi connectivity index (χ4n) is 2.20. The molecule has 0 bridgehead atoms. The van der Waals surface area contributed by atoms with Crippen molar-refractivity contribution in [2.45, 2.75) is 20.0 Å². The molecule has 96 valence electrons. The van der Waals surface area contributed by atoms with E-state index >= 15 is 0 Å². The van der Waals surface area contributed by atoms with Gasteiger partial charge in [0.1, 0.15) is 5.65 Å². The molecule has 3 heterocycles. The van der Waals surface area contributed by atoms with Crippen LogP contribution < -0.4 is 5.32 Å². The van der Waals surface area contributed by atoms with Gasteiger partial charge in [-0.3, -0.25) is 4.98 Å². The third kappa shape index (κ3) is 2.48. The molecule has 0 saturated carbocycles. The zero-order valence-corrected chi connectivity index (χ0v) is 10.9. The molecule has 1 N–H and O–H groups in total. The molecule has 4 heteroatoms. The highest BCUT2D eigenvalue weighted by molar-refractivity contribution is 5.42. The predicted molar refractivity (Wildman–Crippen MR) is 74.7 cm³/mol. The van der Waals surface area contributed by atoms with E-state index in [2.05, 4.69) is 32.8 Å². The SMILES string of the molecule is Cc1nc2ccccn2c1CNCc1ccncc1. The summed E-state index contributed by atoms with van der Waals surface area (Å²) < 4.78 is 2.13. The average Bonchev–Trinajstić information content (AvgIpc) is 2.76. The third-order valence-electron chi connectivity index (χ3n) is 3.20. The van der Waals surface area contributed by atoms with Crippen LogP contribution in [-0.2, 0) is 13.1 Å². The van der Waals surface area contributed by atoms with Crippen LogP contribution in [0.1, 0.15) is 17.0 Å². The number of pyridine rings is 2. The highest BCUT2D eigenvalue weighted by Crippen LogP contribution is 2.11. The van der Waals surface area contributed by atoms with Crippen molar-refractivity contribution >= 4 is 5.65 Å². The molecule has 0 atom stereocenters. The van der Waals surface area contributed by atoms with Crippen LogP contribution in [0.15, 0.2) is 48.9 Å². The van der Waals surface area contributed by atoms with E-state index in [4.69, 9.17) is 0 Å². The van der Waals surface area contributed by atoms with E-state index in [0.29, 0.717) is 0 Å². The van der Waals surface area contributed by atoms with Gasteiger partial charge in [-0.15, -0.1) is 0 Å². The summed E-state index contributed by atoms with van der Waals surface area (Å²) in [6.07, 6.45) is 5.69. The number of nitrogens with zero attached hydrogens (tertiary/aromatic N) is 3. The minimum atomic E-state index is 0.805. The van der Waals surface area contributed by atoms with Crippen molar-refractivity contribution < 1.29 is 0 Å². The molecule has 0 unspecified atom stereocenters. The molecule has 0 aromatic carbocycles. The van der Waals surface area contributed by atoms with Gasteiger partial charge in [-0.2, -0.15) is 0 Å². The van der Waals surface area contributed by atoms with Gasteiger partial charge < -0.3 is 9.72 Å². The molecule has 0 saturated heterocycles. The number of hydrogen-bond donors (Lipinski definition) is 1. The van der Waals surface area contributed by atoms with Crippen LogP contribution in [0, 0.1) is 6.92 Å². The minimum absolute atomic E-state index is 0.805. The summed E-state index contributed by atoms with van der Waals surface area (Å²) in [5, 5.41) is 3.45. The first kappa shape index (κ1) is 11.9. The van der Waals surface area contributed by atoms with E-state index in [-0.39, 0.29) is 0 Å². The second-order valence-corrected chi connectivity index (χ2v) is 4.53. The quantitative estimate of drug-likeness (QED) is 0.775. The molecule has 0 aliphatic carbocycles. The van der Waals surface area contributed by atoms with Crippen molar-refractivity contribution in [3.8, 4) is 0 Å². The van der Waals surface area contributed by atoms with Crippen LogP contribution in [0.3, 0.4) is 0 Å². The van der Waals surface area contributed by atoms with Gasteiger partial charge in [0.15, 0.2) is 0 Å². The van der Waals surface area contributed by atoms with Gasteiger partial charge in [-0.05, 0) is 36.8 Å². The first-order valence-corrected chi connectivity index (χ1v) is 6.37. The summed E-state index contributed by atoms with van der Waals surface area (Å²) in [7, 11) is 0. The van der Waals surface area contributed by atoms with Gasteiger partial charge in [0.05, 0.1) is 11.4 Å². The molecule has 3 aromatic heterocycles. The number of nitrogens with one attached hydrogen (secondary N) is 1. The molecule has 3 aromatic rings. The zero-order valence-electron chi connectivity index (χ0n) is 10.9. The summed E-state index contributed by atoms with van der Waals surface area (Å²) >= 11 is 0. The molecule has 0 aliphatic heterocycles. The molecule has 0 radical (unpaired) electrons. The first-order valence-electron chi connectivity index (χ1n) is 6.37. The summed E-state index contributed by atoms with van der Waals surface area (Å²) in [6, 6.07) is 10.1. The Morgan fingerprint density at radius 2 is 1.95 bits per heavy atom.